The Hall–Kier alpha value is -2.16. The summed E-state index contributed by atoms with van der Waals surface area (Å²) >= 11 is 0. The molecule has 7 nitrogen and oxygen atoms in total. The number of nitrogens with one attached hydrogen (secondary N) is 5. The summed E-state index contributed by atoms with van der Waals surface area (Å²) in [6, 6.07) is 17.5. The molecule has 7 heteroatoms. The molecule has 4 aliphatic rings. The van der Waals surface area contributed by atoms with E-state index < -0.39 is 0 Å². The number of hydrogen-bond donors (Lipinski definition) is 5. The van der Waals surface area contributed by atoms with Gasteiger partial charge in [0.15, 0.2) is 0 Å². The number of benzene rings is 2. The van der Waals surface area contributed by atoms with Gasteiger partial charge in [-0.2, -0.15) is 10.2 Å². The van der Waals surface area contributed by atoms with Gasteiger partial charge in [0.05, 0.1) is 13.1 Å². The zero-order valence-electron chi connectivity index (χ0n) is 18.5. The average Bonchev–Trinajstić information content (AvgIpc) is 2.80. The van der Waals surface area contributed by atoms with E-state index in [4.69, 9.17) is 0 Å². The van der Waals surface area contributed by atoms with E-state index in [9.17, 15) is 0 Å². The predicted molar refractivity (Wildman–Crippen MR) is 127 cm³/mol. The molecule has 0 aliphatic carbocycles. The van der Waals surface area contributed by atoms with Crippen LogP contribution in [0.25, 0.3) is 0 Å². The molecular formula is C24H37N7. The van der Waals surface area contributed by atoms with Crippen molar-refractivity contribution in [3.63, 3.8) is 0 Å². The van der Waals surface area contributed by atoms with E-state index >= 15 is 0 Å². The lowest BCUT2D eigenvalue weighted by Gasteiger charge is -2.09. The van der Waals surface area contributed by atoms with Crippen LogP contribution >= 0.6 is 0 Å². The lowest BCUT2D eigenvalue weighted by molar-refractivity contribution is 0.580. The fourth-order valence-corrected chi connectivity index (χ4v) is 3.35. The highest BCUT2D eigenvalue weighted by Crippen LogP contribution is 2.06. The molecule has 31 heavy (non-hydrogen) atoms. The number of rotatable bonds is 0. The normalized spacial score (nSPS) is 18.6. The van der Waals surface area contributed by atoms with Crippen molar-refractivity contribution in [3.8, 4) is 0 Å². The van der Waals surface area contributed by atoms with Crippen molar-refractivity contribution < 1.29 is 0 Å². The van der Waals surface area contributed by atoms with E-state index in [2.05, 4.69) is 85.3 Å². The minimum Gasteiger partial charge on any atom is -0.314 e. The largest absolute Gasteiger partial charge is 0.314 e. The van der Waals surface area contributed by atoms with Gasteiger partial charge in [0.25, 0.3) is 0 Å². The molecule has 0 saturated carbocycles. The lowest BCUT2D eigenvalue weighted by Crippen LogP contribution is -2.32. The minimum atomic E-state index is 0.645. The topological polar surface area (TPSA) is 84.9 Å². The van der Waals surface area contributed by atoms with Crippen molar-refractivity contribution in [3.05, 3.63) is 70.8 Å². The van der Waals surface area contributed by atoms with Crippen LogP contribution in [-0.4, -0.2) is 52.4 Å². The summed E-state index contributed by atoms with van der Waals surface area (Å²) in [5.74, 6) is 0. The van der Waals surface area contributed by atoms with Gasteiger partial charge in [-0.15, -0.1) is 0 Å². The second-order valence-corrected chi connectivity index (χ2v) is 7.83. The summed E-state index contributed by atoms with van der Waals surface area (Å²) in [6.07, 6.45) is 0. The Morgan fingerprint density at radius 2 is 0.806 bits per heavy atom. The minimum absolute atomic E-state index is 0.645. The van der Waals surface area contributed by atoms with Crippen LogP contribution in [0.15, 0.2) is 58.8 Å². The molecule has 6 rings (SSSR count). The summed E-state index contributed by atoms with van der Waals surface area (Å²) in [5.41, 5.74) is 5.13. The fraction of sp³-hybridized carbons (Fsp3) is 0.500. The van der Waals surface area contributed by atoms with Crippen molar-refractivity contribution >= 4 is 0 Å². The van der Waals surface area contributed by atoms with Gasteiger partial charge in [-0.1, -0.05) is 48.5 Å². The van der Waals surface area contributed by atoms with Gasteiger partial charge < -0.3 is 26.6 Å². The first-order valence-electron chi connectivity index (χ1n) is 11.4. The van der Waals surface area contributed by atoms with Crippen molar-refractivity contribution in [1.82, 2.24) is 26.6 Å². The Balaban J connectivity index is 1.43. The third-order valence-corrected chi connectivity index (χ3v) is 5.21. The van der Waals surface area contributed by atoms with Crippen LogP contribution in [0.4, 0.5) is 0 Å². The summed E-state index contributed by atoms with van der Waals surface area (Å²) in [6.45, 7) is 10.6. The quantitative estimate of drug-likeness (QED) is 0.446. The van der Waals surface area contributed by atoms with Gasteiger partial charge >= 0.3 is 0 Å². The van der Waals surface area contributed by atoms with E-state index in [0.29, 0.717) is 13.1 Å². The van der Waals surface area contributed by atoms with Crippen LogP contribution in [0.3, 0.4) is 0 Å². The molecule has 0 fully saturated rings. The van der Waals surface area contributed by atoms with Crippen molar-refractivity contribution in [2.75, 3.05) is 52.4 Å². The van der Waals surface area contributed by atoms with Crippen molar-refractivity contribution in [2.24, 2.45) is 10.2 Å². The lowest BCUT2D eigenvalue weighted by atomic mass is 10.1. The first kappa shape index (κ1) is 23.5. The maximum atomic E-state index is 4.30. The Morgan fingerprint density at radius 1 is 0.419 bits per heavy atom. The summed E-state index contributed by atoms with van der Waals surface area (Å²) in [5, 5.41) is 25.9. The van der Waals surface area contributed by atoms with Crippen LogP contribution in [0.5, 0.6) is 0 Å². The Labute approximate surface area is 186 Å². The van der Waals surface area contributed by atoms with E-state index in [0.717, 1.165) is 65.4 Å². The molecule has 5 N–H and O–H groups in total. The van der Waals surface area contributed by atoms with Crippen molar-refractivity contribution in [2.45, 2.75) is 26.2 Å². The van der Waals surface area contributed by atoms with Gasteiger partial charge in [-0.25, -0.2) is 0 Å². The third kappa shape index (κ3) is 10.1. The molecule has 0 amide bonds. The highest BCUT2D eigenvalue weighted by atomic mass is 15.1. The molecule has 4 aliphatic heterocycles. The molecule has 0 unspecified atom stereocenters. The Bertz CT molecular complexity index is 744. The third-order valence-electron chi connectivity index (χ3n) is 5.21. The van der Waals surface area contributed by atoms with Crippen LogP contribution < -0.4 is 26.6 Å². The number of hydrogen-bond acceptors (Lipinski definition) is 7. The molecule has 168 valence electrons. The second kappa shape index (κ2) is 14.8. The molecule has 4 bridgehead atoms. The average molecular weight is 424 g/mol. The standard InChI is InChI=1S/C24H37N7/c1-3-22-4-2-21(1)17-27-12-9-25-10-13-28-19-23-5-7-24(8-6-23)20-31-30-16-15-26-11-14-29-18-22/h1-8,25-29H,9-20H2. The fourth-order valence-electron chi connectivity index (χ4n) is 3.35. The molecule has 0 spiro atoms. The monoisotopic (exact) mass is 423 g/mol. The highest BCUT2D eigenvalue weighted by molar-refractivity contribution is 5.23. The second-order valence-electron chi connectivity index (χ2n) is 7.83. The molecule has 0 aromatic heterocycles. The highest BCUT2D eigenvalue weighted by Gasteiger charge is 1.97. The summed E-state index contributed by atoms with van der Waals surface area (Å²) < 4.78 is 0. The van der Waals surface area contributed by atoms with E-state index in [1.54, 1.807) is 0 Å². The van der Waals surface area contributed by atoms with E-state index in [1.165, 1.54) is 22.3 Å². The molecule has 4 heterocycles. The van der Waals surface area contributed by atoms with E-state index in [1.807, 2.05) is 0 Å². The molecule has 2 aromatic carbocycles. The molecule has 0 radical (unpaired) electrons. The van der Waals surface area contributed by atoms with Crippen LogP contribution in [-0.2, 0) is 26.2 Å². The molecule has 0 saturated heterocycles. The number of azo groups is 1. The predicted octanol–water partition coefficient (Wildman–Crippen LogP) is 1.80. The van der Waals surface area contributed by atoms with Gasteiger partial charge in [-0.05, 0) is 22.3 Å². The van der Waals surface area contributed by atoms with Crippen LogP contribution in [0.1, 0.15) is 22.3 Å². The van der Waals surface area contributed by atoms with Crippen LogP contribution in [0, 0.1) is 0 Å². The van der Waals surface area contributed by atoms with Gasteiger partial charge in [-0.3, -0.25) is 0 Å². The zero-order chi connectivity index (χ0) is 21.4. The van der Waals surface area contributed by atoms with Gasteiger partial charge in [0.2, 0.25) is 0 Å². The first-order valence-corrected chi connectivity index (χ1v) is 11.4. The van der Waals surface area contributed by atoms with Crippen molar-refractivity contribution in [1.29, 1.82) is 0 Å². The van der Waals surface area contributed by atoms with E-state index in [-0.39, 0.29) is 0 Å². The molecular weight excluding hydrogens is 386 g/mol. The van der Waals surface area contributed by atoms with Crippen LogP contribution in [0.2, 0.25) is 0 Å². The Morgan fingerprint density at radius 3 is 1.29 bits per heavy atom. The number of nitrogens with zero attached hydrogens (tertiary/aromatic N) is 2. The smallest absolute Gasteiger partial charge is 0.0849 e. The zero-order valence-corrected chi connectivity index (χ0v) is 18.5. The molecule has 2 aromatic rings. The van der Waals surface area contributed by atoms with Gasteiger partial charge in [0.1, 0.15) is 0 Å². The molecule has 0 atom stereocenters. The summed E-state index contributed by atoms with van der Waals surface area (Å²) in [7, 11) is 0. The Kier molecular flexibility index (Phi) is 11.2. The maximum Gasteiger partial charge on any atom is 0.0849 e. The van der Waals surface area contributed by atoms with Gasteiger partial charge in [0, 0.05) is 65.4 Å². The first-order chi connectivity index (χ1) is 15.4. The summed E-state index contributed by atoms with van der Waals surface area (Å²) in [4.78, 5) is 0. The maximum absolute atomic E-state index is 4.30. The SMILES string of the molecule is c1cc2ccc1CN=NCCNCCNCc1ccc(cc1)CNCCNCCNC2.